The molecular weight excluding hydrogens is 417 g/mol. The topological polar surface area (TPSA) is 134 Å². The van der Waals surface area contributed by atoms with Gasteiger partial charge >= 0.3 is 0 Å². The van der Waals surface area contributed by atoms with Crippen molar-refractivity contribution in [1.82, 2.24) is 24.5 Å². The fraction of sp³-hybridized carbons (Fsp3) is 0.389. The number of hydrogen-bond donors (Lipinski definition) is 3. The van der Waals surface area contributed by atoms with E-state index in [1.165, 1.54) is 28.8 Å². The van der Waals surface area contributed by atoms with Crippen LogP contribution < -0.4 is 15.6 Å². The first-order valence-corrected chi connectivity index (χ1v) is 11.0. The minimum atomic E-state index is -3.64. The summed E-state index contributed by atoms with van der Waals surface area (Å²) in [4.78, 5) is 31.2. The summed E-state index contributed by atoms with van der Waals surface area (Å²) in [5.41, 5.74) is -0.727. The van der Waals surface area contributed by atoms with E-state index in [0.29, 0.717) is 12.1 Å². The van der Waals surface area contributed by atoms with E-state index in [0.717, 1.165) is 6.26 Å². The Balaban J connectivity index is 1.95. The Morgan fingerprint density at radius 3 is 2.60 bits per heavy atom. The van der Waals surface area contributed by atoms with E-state index < -0.39 is 44.8 Å². The summed E-state index contributed by atoms with van der Waals surface area (Å²) in [6, 6.07) is 4.56. The lowest BCUT2D eigenvalue weighted by Crippen LogP contribution is -2.38. The van der Waals surface area contributed by atoms with Crippen molar-refractivity contribution in [3.05, 3.63) is 57.5 Å². The normalized spacial score (nSPS) is 17.2. The van der Waals surface area contributed by atoms with Gasteiger partial charge in [0.05, 0.1) is 12.3 Å². The number of fused-ring (bicyclic) bond motifs is 1. The van der Waals surface area contributed by atoms with Gasteiger partial charge in [0.1, 0.15) is 11.6 Å². The average molecular weight is 439 g/mol. The molecule has 0 aliphatic carbocycles. The van der Waals surface area contributed by atoms with Crippen LogP contribution in [-0.2, 0) is 23.1 Å². The average Bonchev–Trinajstić information content (AvgIpc) is 2.81. The number of carbonyl (C=O) groups excluding carboxylic acids is 1. The zero-order chi connectivity index (χ0) is 22.1. The van der Waals surface area contributed by atoms with Crippen LogP contribution in [0.1, 0.15) is 27.9 Å². The van der Waals surface area contributed by atoms with Gasteiger partial charge in [0.25, 0.3) is 11.5 Å². The number of carbonyl (C=O) groups is 1. The molecule has 0 bridgehead atoms. The van der Waals surface area contributed by atoms with Gasteiger partial charge in [-0.3, -0.25) is 14.2 Å². The molecule has 0 fully saturated rings. The molecule has 1 aromatic heterocycles. The SMILES string of the molecule is CN1CCn2c(nc(C(=O)NCc3ccc(F)cc3)c(O)c2=O)C(NS(C)(=O)=O)C1. The van der Waals surface area contributed by atoms with Gasteiger partial charge in [-0.1, -0.05) is 12.1 Å². The molecule has 1 unspecified atom stereocenters. The molecule has 2 aromatic rings. The predicted molar refractivity (Wildman–Crippen MR) is 106 cm³/mol. The van der Waals surface area contributed by atoms with Gasteiger partial charge in [0.2, 0.25) is 15.8 Å². The number of rotatable bonds is 5. The number of aromatic nitrogens is 2. The van der Waals surface area contributed by atoms with Gasteiger partial charge in [-0.25, -0.2) is 22.5 Å². The van der Waals surface area contributed by atoms with E-state index in [1.54, 1.807) is 7.05 Å². The van der Waals surface area contributed by atoms with Crippen LogP contribution in [0.25, 0.3) is 0 Å². The van der Waals surface area contributed by atoms with E-state index >= 15 is 0 Å². The van der Waals surface area contributed by atoms with Crippen molar-refractivity contribution >= 4 is 15.9 Å². The highest BCUT2D eigenvalue weighted by molar-refractivity contribution is 7.88. The number of benzene rings is 1. The number of likely N-dealkylation sites (N-methyl/N-ethyl adjacent to an activating group) is 1. The van der Waals surface area contributed by atoms with Crippen LogP contribution in [0.2, 0.25) is 0 Å². The number of halogens is 1. The maximum Gasteiger partial charge on any atom is 0.296 e. The van der Waals surface area contributed by atoms with Crippen molar-refractivity contribution in [2.45, 2.75) is 19.1 Å². The van der Waals surface area contributed by atoms with Gasteiger partial charge < -0.3 is 15.3 Å². The van der Waals surface area contributed by atoms with E-state index in [2.05, 4.69) is 15.0 Å². The standard InChI is InChI=1S/C18H22FN5O5S/c1-23-7-8-24-16(13(10-23)22-30(2,28)29)21-14(15(25)18(24)27)17(26)20-9-11-3-5-12(19)6-4-11/h3-6,13,22,25H,7-10H2,1-2H3,(H,20,26). The summed E-state index contributed by atoms with van der Waals surface area (Å²) in [5.74, 6) is -2.01. The number of hydrogen-bond acceptors (Lipinski definition) is 7. The van der Waals surface area contributed by atoms with Crippen LogP contribution in [0.3, 0.4) is 0 Å². The van der Waals surface area contributed by atoms with Crippen molar-refractivity contribution in [2.24, 2.45) is 0 Å². The fourth-order valence-corrected chi connectivity index (χ4v) is 3.87. The molecule has 1 amide bonds. The number of aromatic hydroxyl groups is 1. The summed E-state index contributed by atoms with van der Waals surface area (Å²) in [6.45, 7) is 0.837. The largest absolute Gasteiger partial charge is 0.501 e. The van der Waals surface area contributed by atoms with Crippen molar-refractivity contribution in [3.8, 4) is 5.75 Å². The highest BCUT2D eigenvalue weighted by Gasteiger charge is 2.30. The van der Waals surface area contributed by atoms with E-state index in [-0.39, 0.29) is 25.5 Å². The first-order chi connectivity index (χ1) is 14.0. The lowest BCUT2D eigenvalue weighted by molar-refractivity contribution is 0.0941. The second-order valence-electron chi connectivity index (χ2n) is 7.14. The third-order valence-electron chi connectivity index (χ3n) is 4.62. The molecule has 12 heteroatoms. The lowest BCUT2D eigenvalue weighted by Gasteiger charge is -2.21. The Labute approximate surface area is 172 Å². The molecule has 30 heavy (non-hydrogen) atoms. The number of nitrogens with one attached hydrogen (secondary N) is 2. The summed E-state index contributed by atoms with van der Waals surface area (Å²) < 4.78 is 40.2. The smallest absolute Gasteiger partial charge is 0.296 e. The maximum atomic E-state index is 13.0. The zero-order valence-corrected chi connectivity index (χ0v) is 17.2. The monoisotopic (exact) mass is 439 g/mol. The minimum absolute atomic E-state index is 0.0202. The number of amides is 1. The van der Waals surface area contributed by atoms with Gasteiger partial charge in [-0.15, -0.1) is 0 Å². The Bertz CT molecular complexity index is 1120. The molecule has 10 nitrogen and oxygen atoms in total. The molecule has 1 atom stereocenters. The quantitative estimate of drug-likeness (QED) is 0.575. The van der Waals surface area contributed by atoms with Gasteiger partial charge in [0.15, 0.2) is 5.69 Å². The first kappa shape index (κ1) is 21.9. The molecule has 3 rings (SSSR count). The molecule has 0 saturated carbocycles. The number of sulfonamides is 1. The van der Waals surface area contributed by atoms with Crippen LogP contribution in [0.5, 0.6) is 5.75 Å². The summed E-state index contributed by atoms with van der Waals surface area (Å²) in [7, 11) is -1.88. The molecule has 3 N–H and O–H groups in total. The van der Waals surface area contributed by atoms with Crippen LogP contribution in [0.4, 0.5) is 4.39 Å². The third kappa shape index (κ3) is 5.01. The zero-order valence-electron chi connectivity index (χ0n) is 16.4. The molecule has 162 valence electrons. The number of nitrogens with zero attached hydrogens (tertiary/aromatic N) is 3. The maximum absolute atomic E-state index is 13.0. The summed E-state index contributed by atoms with van der Waals surface area (Å²) in [5, 5.41) is 12.8. The third-order valence-corrected chi connectivity index (χ3v) is 5.34. The molecule has 1 aliphatic rings. The Morgan fingerprint density at radius 1 is 1.30 bits per heavy atom. The highest BCUT2D eigenvalue weighted by atomic mass is 32.2. The van der Waals surface area contributed by atoms with Gasteiger partial charge in [-0.05, 0) is 24.7 Å². The minimum Gasteiger partial charge on any atom is -0.501 e. The van der Waals surface area contributed by atoms with Gasteiger partial charge in [-0.2, -0.15) is 0 Å². The van der Waals surface area contributed by atoms with Crippen LogP contribution >= 0.6 is 0 Å². The van der Waals surface area contributed by atoms with Crippen molar-refractivity contribution in [1.29, 1.82) is 0 Å². The molecule has 1 aromatic carbocycles. The van der Waals surface area contributed by atoms with Crippen molar-refractivity contribution < 1.29 is 22.7 Å². The van der Waals surface area contributed by atoms with Crippen LogP contribution in [0.15, 0.2) is 29.1 Å². The van der Waals surface area contributed by atoms with E-state index in [4.69, 9.17) is 0 Å². The predicted octanol–water partition coefficient (Wildman–Crippen LogP) is -0.446. The van der Waals surface area contributed by atoms with Crippen LogP contribution in [-0.4, -0.2) is 60.3 Å². The Kier molecular flexibility index (Phi) is 6.19. The first-order valence-electron chi connectivity index (χ1n) is 9.07. The molecule has 2 heterocycles. The molecule has 1 aliphatic heterocycles. The van der Waals surface area contributed by atoms with E-state index in [9.17, 15) is 27.5 Å². The summed E-state index contributed by atoms with van der Waals surface area (Å²) in [6.07, 6.45) is 0.983. The Hall–Kier alpha value is -2.83. The molecule has 0 radical (unpaired) electrons. The molecular formula is C18H22FN5O5S. The molecule has 0 saturated heterocycles. The Morgan fingerprint density at radius 2 is 1.97 bits per heavy atom. The van der Waals surface area contributed by atoms with E-state index in [1.807, 2.05) is 4.90 Å². The second-order valence-corrected chi connectivity index (χ2v) is 8.92. The lowest BCUT2D eigenvalue weighted by atomic mass is 10.2. The molecule has 0 spiro atoms. The highest BCUT2D eigenvalue weighted by Crippen LogP contribution is 2.19. The summed E-state index contributed by atoms with van der Waals surface area (Å²) >= 11 is 0. The van der Waals surface area contributed by atoms with Crippen molar-refractivity contribution in [3.63, 3.8) is 0 Å². The van der Waals surface area contributed by atoms with Gasteiger partial charge in [0, 0.05) is 26.2 Å². The second kappa shape index (κ2) is 8.50. The van der Waals surface area contributed by atoms with Crippen LogP contribution in [0, 0.1) is 5.82 Å². The fourth-order valence-electron chi connectivity index (χ4n) is 3.17. The van der Waals surface area contributed by atoms with Crippen molar-refractivity contribution in [2.75, 3.05) is 26.4 Å².